The van der Waals surface area contributed by atoms with Crippen LogP contribution in [0.4, 0.5) is 0 Å². The summed E-state index contributed by atoms with van der Waals surface area (Å²) in [6.45, 7) is 13.1. The monoisotopic (exact) mass is 270 g/mol. The summed E-state index contributed by atoms with van der Waals surface area (Å²) < 4.78 is 5.22. The number of likely N-dealkylation sites (N-methyl/N-ethyl adjacent to an activating group) is 1. The molecule has 2 atom stereocenters. The van der Waals surface area contributed by atoms with Gasteiger partial charge in [-0.15, -0.1) is 0 Å². The average molecular weight is 270 g/mol. The maximum absolute atomic E-state index is 12.1. The highest BCUT2D eigenvalue weighted by Gasteiger charge is 2.34. The second-order valence-corrected chi connectivity index (χ2v) is 5.22. The van der Waals surface area contributed by atoms with Crippen molar-refractivity contribution < 1.29 is 9.53 Å². The number of esters is 1. The summed E-state index contributed by atoms with van der Waals surface area (Å²) in [4.78, 5) is 16.9. The van der Waals surface area contributed by atoms with Gasteiger partial charge in [0.25, 0.3) is 0 Å². The molecule has 19 heavy (non-hydrogen) atoms. The number of carbonyl (C=O) groups is 1. The Labute approximate surface area is 118 Å². The highest BCUT2D eigenvalue weighted by atomic mass is 16.5. The third-order valence-corrected chi connectivity index (χ3v) is 4.09. The van der Waals surface area contributed by atoms with Gasteiger partial charge in [-0.2, -0.15) is 0 Å². The standard InChI is InChI=1S/C15H30N2O2/c1-5-9-14(15(18)19-8-4)17-11-10-13(12-17)16(6-2)7-3/h13-14H,5-12H2,1-4H3. The van der Waals surface area contributed by atoms with Crippen LogP contribution in [0.25, 0.3) is 0 Å². The molecule has 0 spiro atoms. The van der Waals surface area contributed by atoms with Gasteiger partial charge in [0.2, 0.25) is 0 Å². The van der Waals surface area contributed by atoms with Crippen LogP contribution in [0.1, 0.15) is 47.0 Å². The Morgan fingerprint density at radius 2 is 2.00 bits per heavy atom. The molecule has 1 heterocycles. The van der Waals surface area contributed by atoms with Gasteiger partial charge in [-0.1, -0.05) is 27.2 Å². The smallest absolute Gasteiger partial charge is 0.323 e. The van der Waals surface area contributed by atoms with Crippen molar-refractivity contribution >= 4 is 5.97 Å². The molecule has 4 heteroatoms. The van der Waals surface area contributed by atoms with Crippen LogP contribution in [0.15, 0.2) is 0 Å². The molecule has 0 radical (unpaired) electrons. The van der Waals surface area contributed by atoms with Crippen LogP contribution in [0.2, 0.25) is 0 Å². The normalized spacial score (nSPS) is 21.8. The average Bonchev–Trinajstić information content (AvgIpc) is 2.87. The molecule has 4 nitrogen and oxygen atoms in total. The minimum Gasteiger partial charge on any atom is -0.465 e. The predicted octanol–water partition coefficient (Wildman–Crippen LogP) is 2.13. The van der Waals surface area contributed by atoms with Gasteiger partial charge in [-0.25, -0.2) is 0 Å². The van der Waals surface area contributed by atoms with Crippen molar-refractivity contribution in [1.82, 2.24) is 9.80 Å². The van der Waals surface area contributed by atoms with Crippen molar-refractivity contribution in [1.29, 1.82) is 0 Å². The highest BCUT2D eigenvalue weighted by molar-refractivity contribution is 5.75. The Balaban J connectivity index is 2.60. The molecule has 0 aromatic heterocycles. The molecule has 1 saturated heterocycles. The lowest BCUT2D eigenvalue weighted by Crippen LogP contribution is -2.43. The molecule has 0 bridgehead atoms. The third kappa shape index (κ3) is 4.46. The van der Waals surface area contributed by atoms with Gasteiger partial charge in [-0.3, -0.25) is 14.6 Å². The SMILES string of the molecule is CCCC(C(=O)OCC)N1CCC(N(CC)CC)C1. The summed E-state index contributed by atoms with van der Waals surface area (Å²) in [6.07, 6.45) is 3.10. The van der Waals surface area contributed by atoms with Gasteiger partial charge in [0.1, 0.15) is 6.04 Å². The Morgan fingerprint density at radius 3 is 2.53 bits per heavy atom. The van der Waals surface area contributed by atoms with Gasteiger partial charge >= 0.3 is 5.97 Å². The summed E-state index contributed by atoms with van der Waals surface area (Å²) in [5.74, 6) is -0.0375. The Kier molecular flexibility index (Phi) is 7.39. The Morgan fingerprint density at radius 1 is 1.32 bits per heavy atom. The summed E-state index contributed by atoms with van der Waals surface area (Å²) in [5.41, 5.74) is 0. The number of rotatable bonds is 8. The second-order valence-electron chi connectivity index (χ2n) is 5.22. The van der Waals surface area contributed by atoms with E-state index in [-0.39, 0.29) is 12.0 Å². The molecular formula is C15H30N2O2. The second kappa shape index (κ2) is 8.54. The molecule has 0 saturated carbocycles. The molecule has 1 fully saturated rings. The fraction of sp³-hybridized carbons (Fsp3) is 0.933. The molecule has 2 unspecified atom stereocenters. The third-order valence-electron chi connectivity index (χ3n) is 4.09. The van der Waals surface area contributed by atoms with Crippen molar-refractivity contribution in [2.45, 2.75) is 59.0 Å². The van der Waals surface area contributed by atoms with Gasteiger partial charge < -0.3 is 4.74 Å². The van der Waals surface area contributed by atoms with Gasteiger partial charge in [-0.05, 0) is 32.9 Å². The van der Waals surface area contributed by atoms with Crippen molar-refractivity contribution in [2.75, 3.05) is 32.8 Å². The fourth-order valence-electron chi connectivity index (χ4n) is 3.05. The molecule has 1 rings (SSSR count). The van der Waals surface area contributed by atoms with Crippen molar-refractivity contribution in [3.63, 3.8) is 0 Å². The van der Waals surface area contributed by atoms with Gasteiger partial charge in [0.15, 0.2) is 0 Å². The molecule has 1 aliphatic heterocycles. The maximum Gasteiger partial charge on any atom is 0.323 e. The highest BCUT2D eigenvalue weighted by Crippen LogP contribution is 2.20. The molecule has 0 N–H and O–H groups in total. The van der Waals surface area contributed by atoms with E-state index in [1.54, 1.807) is 0 Å². The van der Waals surface area contributed by atoms with Crippen LogP contribution in [0.3, 0.4) is 0 Å². The van der Waals surface area contributed by atoms with E-state index in [0.717, 1.165) is 39.0 Å². The van der Waals surface area contributed by atoms with E-state index >= 15 is 0 Å². The van der Waals surface area contributed by atoms with Crippen molar-refractivity contribution in [2.24, 2.45) is 0 Å². The molecule has 112 valence electrons. The largest absolute Gasteiger partial charge is 0.465 e. The topological polar surface area (TPSA) is 32.8 Å². The first kappa shape index (κ1) is 16.4. The van der Waals surface area contributed by atoms with E-state index < -0.39 is 0 Å². The number of carbonyl (C=O) groups excluding carboxylic acids is 1. The minimum atomic E-state index is -0.0375. The summed E-state index contributed by atoms with van der Waals surface area (Å²) >= 11 is 0. The van der Waals surface area contributed by atoms with Crippen LogP contribution < -0.4 is 0 Å². The summed E-state index contributed by atoms with van der Waals surface area (Å²) in [7, 11) is 0. The van der Waals surface area contributed by atoms with Crippen LogP contribution in [0.5, 0.6) is 0 Å². The molecule has 0 aromatic carbocycles. The minimum absolute atomic E-state index is 0.0366. The van der Waals surface area contributed by atoms with E-state index in [4.69, 9.17) is 4.74 Å². The van der Waals surface area contributed by atoms with Gasteiger partial charge in [0.05, 0.1) is 6.61 Å². The van der Waals surface area contributed by atoms with Crippen LogP contribution in [-0.4, -0.2) is 60.6 Å². The zero-order valence-electron chi connectivity index (χ0n) is 13.0. The zero-order chi connectivity index (χ0) is 14.3. The molecule has 0 aliphatic carbocycles. The number of likely N-dealkylation sites (tertiary alicyclic amines) is 1. The Hall–Kier alpha value is -0.610. The zero-order valence-corrected chi connectivity index (χ0v) is 13.0. The van der Waals surface area contributed by atoms with E-state index in [0.29, 0.717) is 12.6 Å². The van der Waals surface area contributed by atoms with Crippen molar-refractivity contribution in [3.05, 3.63) is 0 Å². The van der Waals surface area contributed by atoms with E-state index in [9.17, 15) is 4.79 Å². The lowest BCUT2D eigenvalue weighted by molar-refractivity contribution is -0.149. The first-order chi connectivity index (χ1) is 9.17. The quantitative estimate of drug-likeness (QED) is 0.633. The predicted molar refractivity (Wildman–Crippen MR) is 78.2 cm³/mol. The molecule has 0 amide bonds. The molecule has 1 aliphatic rings. The number of hydrogen-bond acceptors (Lipinski definition) is 4. The maximum atomic E-state index is 12.1. The first-order valence-electron chi connectivity index (χ1n) is 7.82. The fourth-order valence-corrected chi connectivity index (χ4v) is 3.05. The van der Waals surface area contributed by atoms with Crippen LogP contribution in [0, 0.1) is 0 Å². The number of nitrogens with zero attached hydrogens (tertiary/aromatic N) is 2. The van der Waals surface area contributed by atoms with E-state index in [1.165, 1.54) is 6.42 Å². The lowest BCUT2D eigenvalue weighted by atomic mass is 10.1. The van der Waals surface area contributed by atoms with Gasteiger partial charge in [0, 0.05) is 19.1 Å². The van der Waals surface area contributed by atoms with Crippen LogP contribution >= 0.6 is 0 Å². The molecular weight excluding hydrogens is 240 g/mol. The number of hydrogen-bond donors (Lipinski definition) is 0. The first-order valence-corrected chi connectivity index (χ1v) is 7.82. The summed E-state index contributed by atoms with van der Waals surface area (Å²) in [6, 6.07) is 0.564. The lowest BCUT2D eigenvalue weighted by Gasteiger charge is -2.29. The van der Waals surface area contributed by atoms with Crippen LogP contribution in [-0.2, 0) is 9.53 Å². The summed E-state index contributed by atoms with van der Waals surface area (Å²) in [5, 5.41) is 0. The number of ether oxygens (including phenoxy) is 1. The molecule has 0 aromatic rings. The van der Waals surface area contributed by atoms with E-state index in [1.807, 2.05) is 6.92 Å². The Bertz CT molecular complexity index is 267. The van der Waals surface area contributed by atoms with E-state index in [2.05, 4.69) is 30.6 Å². The van der Waals surface area contributed by atoms with Crippen molar-refractivity contribution in [3.8, 4) is 0 Å².